The molecule has 1 aliphatic rings. The van der Waals surface area contributed by atoms with Crippen LogP contribution in [0.4, 0.5) is 0 Å². The maximum absolute atomic E-state index is 8.93. The van der Waals surface area contributed by atoms with E-state index in [1.54, 1.807) is 11.8 Å². The van der Waals surface area contributed by atoms with Gasteiger partial charge in [-0.25, -0.2) is 0 Å². The van der Waals surface area contributed by atoms with Crippen molar-refractivity contribution in [1.29, 1.82) is 5.26 Å². The maximum atomic E-state index is 8.93. The van der Waals surface area contributed by atoms with E-state index < -0.39 is 0 Å². The number of nitrogens with zero attached hydrogens (tertiary/aromatic N) is 1. The van der Waals surface area contributed by atoms with E-state index in [-0.39, 0.29) is 5.41 Å². The second-order valence-corrected chi connectivity index (χ2v) is 5.22. The van der Waals surface area contributed by atoms with Gasteiger partial charge in [0.25, 0.3) is 0 Å². The van der Waals surface area contributed by atoms with Crippen molar-refractivity contribution in [2.45, 2.75) is 24.3 Å². The van der Waals surface area contributed by atoms with Crippen LogP contribution in [0.3, 0.4) is 0 Å². The average molecular weight is 232 g/mol. The number of nitriles is 1. The minimum absolute atomic E-state index is 0.0424. The molecule has 2 rings (SSSR count). The Morgan fingerprint density at radius 1 is 1.38 bits per heavy atom. The standard InChI is InChI=1S/C13H16N2S/c1-16-12-4-2-11(3-5-12)8-15-10-13(9-14)6-7-13/h2-5,15H,6-8,10H2,1H3. The van der Waals surface area contributed by atoms with E-state index >= 15 is 0 Å². The summed E-state index contributed by atoms with van der Waals surface area (Å²) in [5.74, 6) is 0. The monoisotopic (exact) mass is 232 g/mol. The summed E-state index contributed by atoms with van der Waals surface area (Å²) in [4.78, 5) is 1.29. The molecule has 0 aromatic heterocycles. The molecule has 0 amide bonds. The molecule has 1 saturated carbocycles. The number of thioether (sulfide) groups is 1. The van der Waals surface area contributed by atoms with Crippen molar-refractivity contribution in [3.8, 4) is 6.07 Å². The van der Waals surface area contributed by atoms with E-state index in [0.717, 1.165) is 25.9 Å². The molecule has 1 aromatic rings. The van der Waals surface area contributed by atoms with Crippen molar-refractivity contribution >= 4 is 11.8 Å². The van der Waals surface area contributed by atoms with Gasteiger partial charge in [-0.2, -0.15) is 5.26 Å². The number of hydrogen-bond donors (Lipinski definition) is 1. The fourth-order valence-corrected chi connectivity index (χ4v) is 2.08. The number of benzene rings is 1. The summed E-state index contributed by atoms with van der Waals surface area (Å²) in [5.41, 5.74) is 1.24. The van der Waals surface area contributed by atoms with E-state index in [1.807, 2.05) is 0 Å². The molecule has 16 heavy (non-hydrogen) atoms. The third-order valence-corrected chi connectivity index (χ3v) is 3.79. The lowest BCUT2D eigenvalue weighted by Crippen LogP contribution is -2.22. The molecular formula is C13H16N2S. The first kappa shape index (κ1) is 11.5. The molecule has 0 aliphatic heterocycles. The zero-order valence-electron chi connectivity index (χ0n) is 9.49. The quantitative estimate of drug-likeness (QED) is 0.793. The third-order valence-electron chi connectivity index (χ3n) is 3.04. The van der Waals surface area contributed by atoms with Gasteiger partial charge in [-0.05, 0) is 36.8 Å². The molecule has 0 spiro atoms. The third kappa shape index (κ3) is 2.78. The normalized spacial score (nSPS) is 16.8. The molecule has 0 unspecified atom stereocenters. The van der Waals surface area contributed by atoms with Crippen LogP contribution in [-0.4, -0.2) is 12.8 Å². The van der Waals surface area contributed by atoms with Crippen LogP contribution in [-0.2, 0) is 6.54 Å². The molecule has 0 heterocycles. The Kier molecular flexibility index (Phi) is 3.52. The van der Waals surface area contributed by atoms with E-state index in [2.05, 4.69) is 41.9 Å². The molecule has 1 aromatic carbocycles. The van der Waals surface area contributed by atoms with Crippen molar-refractivity contribution < 1.29 is 0 Å². The van der Waals surface area contributed by atoms with Gasteiger partial charge in [0, 0.05) is 18.0 Å². The first-order valence-electron chi connectivity index (χ1n) is 5.53. The minimum atomic E-state index is -0.0424. The summed E-state index contributed by atoms with van der Waals surface area (Å²) < 4.78 is 0. The van der Waals surface area contributed by atoms with Crippen LogP contribution < -0.4 is 5.32 Å². The Labute approximate surface area is 101 Å². The van der Waals surface area contributed by atoms with Gasteiger partial charge in [-0.15, -0.1) is 11.8 Å². The largest absolute Gasteiger partial charge is 0.311 e. The van der Waals surface area contributed by atoms with Crippen LogP contribution in [0.25, 0.3) is 0 Å². The van der Waals surface area contributed by atoms with Crippen LogP contribution >= 0.6 is 11.8 Å². The summed E-state index contributed by atoms with van der Waals surface area (Å²) in [6.07, 6.45) is 4.20. The second-order valence-electron chi connectivity index (χ2n) is 4.34. The molecule has 84 valence electrons. The molecule has 3 heteroatoms. The van der Waals surface area contributed by atoms with E-state index in [0.29, 0.717) is 0 Å². The fraction of sp³-hybridized carbons (Fsp3) is 0.462. The molecular weight excluding hydrogens is 216 g/mol. The Bertz CT molecular complexity index is 387. The number of hydrogen-bond acceptors (Lipinski definition) is 3. The summed E-state index contributed by atoms with van der Waals surface area (Å²) >= 11 is 1.76. The predicted octanol–water partition coefficient (Wildman–Crippen LogP) is 2.80. The van der Waals surface area contributed by atoms with Gasteiger partial charge < -0.3 is 5.32 Å². The Morgan fingerprint density at radius 2 is 2.06 bits per heavy atom. The van der Waals surface area contributed by atoms with Crippen molar-refractivity contribution in [3.05, 3.63) is 29.8 Å². The summed E-state index contributed by atoms with van der Waals surface area (Å²) in [7, 11) is 0. The number of nitrogens with one attached hydrogen (secondary N) is 1. The lowest BCUT2D eigenvalue weighted by molar-refractivity contribution is 0.558. The molecule has 1 fully saturated rings. The van der Waals surface area contributed by atoms with Gasteiger partial charge in [-0.3, -0.25) is 0 Å². The summed E-state index contributed by atoms with van der Waals surface area (Å²) in [5, 5.41) is 12.3. The highest BCUT2D eigenvalue weighted by molar-refractivity contribution is 7.98. The van der Waals surface area contributed by atoms with Crippen LogP contribution in [0.2, 0.25) is 0 Å². The van der Waals surface area contributed by atoms with Crippen LogP contribution in [0.1, 0.15) is 18.4 Å². The Balaban J connectivity index is 1.79. The summed E-state index contributed by atoms with van der Waals surface area (Å²) in [6, 6.07) is 11.0. The molecule has 0 bridgehead atoms. The minimum Gasteiger partial charge on any atom is -0.311 e. The zero-order chi connectivity index (χ0) is 11.4. The highest BCUT2D eigenvalue weighted by Gasteiger charge is 2.42. The van der Waals surface area contributed by atoms with E-state index in [1.165, 1.54) is 10.5 Å². The number of rotatable bonds is 5. The molecule has 0 radical (unpaired) electrons. The average Bonchev–Trinajstić information content (AvgIpc) is 3.11. The first-order valence-corrected chi connectivity index (χ1v) is 6.75. The molecule has 0 saturated heterocycles. The van der Waals surface area contributed by atoms with Gasteiger partial charge in [0.1, 0.15) is 0 Å². The van der Waals surface area contributed by atoms with Gasteiger partial charge in [-0.1, -0.05) is 12.1 Å². The Morgan fingerprint density at radius 3 is 2.56 bits per heavy atom. The lowest BCUT2D eigenvalue weighted by Gasteiger charge is -2.08. The van der Waals surface area contributed by atoms with Gasteiger partial charge in [0.2, 0.25) is 0 Å². The first-order chi connectivity index (χ1) is 7.78. The van der Waals surface area contributed by atoms with Crippen molar-refractivity contribution in [2.75, 3.05) is 12.8 Å². The van der Waals surface area contributed by atoms with Gasteiger partial charge >= 0.3 is 0 Å². The topological polar surface area (TPSA) is 35.8 Å². The highest BCUT2D eigenvalue weighted by Crippen LogP contribution is 2.44. The van der Waals surface area contributed by atoms with E-state index in [4.69, 9.17) is 5.26 Å². The second kappa shape index (κ2) is 4.90. The zero-order valence-corrected chi connectivity index (χ0v) is 10.3. The van der Waals surface area contributed by atoms with Crippen LogP contribution in [0.15, 0.2) is 29.2 Å². The SMILES string of the molecule is CSc1ccc(CNCC2(C#N)CC2)cc1. The molecule has 1 N–H and O–H groups in total. The van der Waals surface area contributed by atoms with Gasteiger partial charge in [0.15, 0.2) is 0 Å². The van der Waals surface area contributed by atoms with Crippen molar-refractivity contribution in [1.82, 2.24) is 5.32 Å². The highest BCUT2D eigenvalue weighted by atomic mass is 32.2. The Hall–Kier alpha value is -0.980. The predicted molar refractivity (Wildman–Crippen MR) is 67.2 cm³/mol. The van der Waals surface area contributed by atoms with Crippen LogP contribution in [0.5, 0.6) is 0 Å². The summed E-state index contributed by atoms with van der Waals surface area (Å²) in [6.45, 7) is 1.69. The van der Waals surface area contributed by atoms with E-state index in [9.17, 15) is 0 Å². The molecule has 2 nitrogen and oxygen atoms in total. The van der Waals surface area contributed by atoms with Crippen molar-refractivity contribution in [3.63, 3.8) is 0 Å². The van der Waals surface area contributed by atoms with Crippen molar-refractivity contribution in [2.24, 2.45) is 5.41 Å². The maximum Gasteiger partial charge on any atom is 0.0703 e. The lowest BCUT2D eigenvalue weighted by atomic mass is 10.1. The molecule has 1 aliphatic carbocycles. The van der Waals surface area contributed by atoms with Crippen LogP contribution in [0, 0.1) is 16.7 Å². The fourth-order valence-electron chi connectivity index (χ4n) is 1.67. The van der Waals surface area contributed by atoms with Gasteiger partial charge in [0.05, 0.1) is 11.5 Å². The molecule has 0 atom stereocenters. The smallest absolute Gasteiger partial charge is 0.0703 e.